The topological polar surface area (TPSA) is 89.9 Å². The minimum Gasteiger partial charge on any atom is -0.395 e. The number of amides is 1. The van der Waals surface area contributed by atoms with E-state index in [2.05, 4.69) is 19.8 Å². The molecule has 1 aromatic heterocycles. The number of nitrogens with one attached hydrogen (secondary N) is 1. The van der Waals surface area contributed by atoms with E-state index in [0.29, 0.717) is 29.9 Å². The van der Waals surface area contributed by atoms with Crippen LogP contribution in [0.2, 0.25) is 0 Å². The van der Waals surface area contributed by atoms with E-state index in [1.54, 1.807) is 12.1 Å². The number of rotatable bonds is 7. The lowest BCUT2D eigenvalue weighted by molar-refractivity contribution is -0.286. The second kappa shape index (κ2) is 8.34. The van der Waals surface area contributed by atoms with Gasteiger partial charge in [0.25, 0.3) is 0 Å². The molecular weight excluding hydrogens is 446 g/mol. The van der Waals surface area contributed by atoms with Crippen LogP contribution in [0.4, 0.5) is 14.6 Å². The summed E-state index contributed by atoms with van der Waals surface area (Å²) in [6, 6.07) is 15.6. The van der Waals surface area contributed by atoms with Gasteiger partial charge in [0.05, 0.1) is 17.7 Å². The molecule has 0 atom stereocenters. The third kappa shape index (κ3) is 4.20. The maximum atomic E-state index is 13.4. The maximum absolute atomic E-state index is 13.4. The van der Waals surface area contributed by atoms with E-state index >= 15 is 0 Å². The highest BCUT2D eigenvalue weighted by molar-refractivity contribution is 6.01. The van der Waals surface area contributed by atoms with E-state index in [4.69, 9.17) is 9.84 Å². The Morgan fingerprint density at radius 3 is 2.68 bits per heavy atom. The van der Waals surface area contributed by atoms with Gasteiger partial charge in [0.15, 0.2) is 11.5 Å². The highest BCUT2D eigenvalue weighted by Gasteiger charge is 2.53. The standard InChI is InChI=1S/C25H22F2N2O5/c1-15-5-8-21(28-22(15)17-4-2-3-16(11-17)13-32-14-30)29-23(31)24(9-10-24)18-6-7-19-20(12-18)34-25(26,27)33-19/h2-8,11-12,30H,9-10,13-14H2,1H3,(H,28,29,31). The van der Waals surface area contributed by atoms with Crippen molar-refractivity contribution >= 4 is 11.7 Å². The normalized spacial score (nSPS) is 16.8. The van der Waals surface area contributed by atoms with Gasteiger partial charge in [-0.1, -0.05) is 30.3 Å². The number of hydrogen-bond donors (Lipinski definition) is 2. The second-order valence-electron chi connectivity index (χ2n) is 8.41. The van der Waals surface area contributed by atoms with Crippen LogP contribution >= 0.6 is 0 Å². The SMILES string of the molecule is Cc1ccc(NC(=O)C2(c3ccc4c(c3)OC(F)(F)O4)CC2)nc1-c1cccc(COCO)c1. The number of carbonyl (C=O) groups is 1. The lowest BCUT2D eigenvalue weighted by Gasteiger charge is -2.17. The summed E-state index contributed by atoms with van der Waals surface area (Å²) in [5.74, 6) is -0.00418. The van der Waals surface area contributed by atoms with Crippen LogP contribution in [0.15, 0.2) is 54.6 Å². The van der Waals surface area contributed by atoms with E-state index in [-0.39, 0.29) is 30.8 Å². The van der Waals surface area contributed by atoms with Gasteiger partial charge in [-0.05, 0) is 60.7 Å². The number of ether oxygens (including phenoxy) is 3. The highest BCUT2D eigenvalue weighted by atomic mass is 19.3. The number of pyridine rings is 1. The molecule has 1 saturated carbocycles. The Morgan fingerprint density at radius 2 is 1.91 bits per heavy atom. The predicted octanol–water partition coefficient (Wildman–Crippen LogP) is 4.52. The number of hydrogen-bond acceptors (Lipinski definition) is 6. The fourth-order valence-corrected chi connectivity index (χ4v) is 4.12. The van der Waals surface area contributed by atoms with E-state index in [1.165, 1.54) is 12.1 Å². The zero-order valence-electron chi connectivity index (χ0n) is 18.3. The van der Waals surface area contributed by atoms with Crippen LogP contribution in [0.1, 0.15) is 29.5 Å². The number of aliphatic hydroxyl groups is 1. The zero-order chi connectivity index (χ0) is 23.9. The molecule has 0 bridgehead atoms. The molecule has 1 aliphatic heterocycles. The second-order valence-corrected chi connectivity index (χ2v) is 8.41. The number of aliphatic hydroxyl groups excluding tert-OH is 1. The first kappa shape index (κ1) is 22.2. The monoisotopic (exact) mass is 468 g/mol. The van der Waals surface area contributed by atoms with Crippen LogP contribution in [0.3, 0.4) is 0 Å². The molecule has 1 aliphatic carbocycles. The van der Waals surface area contributed by atoms with Gasteiger partial charge in [-0.15, -0.1) is 8.78 Å². The minimum atomic E-state index is -3.70. The smallest absolute Gasteiger partial charge is 0.395 e. The molecule has 2 aliphatic rings. The molecule has 1 amide bonds. The Hall–Kier alpha value is -3.56. The van der Waals surface area contributed by atoms with Gasteiger partial charge < -0.3 is 24.6 Å². The number of anilines is 1. The van der Waals surface area contributed by atoms with Crippen molar-refractivity contribution in [3.63, 3.8) is 0 Å². The number of nitrogens with zero attached hydrogens (tertiary/aromatic N) is 1. The van der Waals surface area contributed by atoms with Crippen molar-refractivity contribution in [1.29, 1.82) is 0 Å². The van der Waals surface area contributed by atoms with Crippen molar-refractivity contribution in [2.45, 2.75) is 38.1 Å². The van der Waals surface area contributed by atoms with Crippen LogP contribution in [-0.4, -0.2) is 29.1 Å². The van der Waals surface area contributed by atoms with E-state index in [0.717, 1.165) is 16.7 Å². The fourth-order valence-electron chi connectivity index (χ4n) is 4.12. The molecule has 34 heavy (non-hydrogen) atoms. The molecule has 9 heteroatoms. The van der Waals surface area contributed by atoms with Crippen LogP contribution < -0.4 is 14.8 Å². The van der Waals surface area contributed by atoms with Gasteiger partial charge in [0.2, 0.25) is 5.91 Å². The molecule has 5 rings (SSSR count). The van der Waals surface area contributed by atoms with Gasteiger partial charge in [-0.2, -0.15) is 0 Å². The number of alkyl halides is 2. The molecule has 1 fully saturated rings. The summed E-state index contributed by atoms with van der Waals surface area (Å²) < 4.78 is 40.8. The first-order valence-electron chi connectivity index (χ1n) is 10.8. The Morgan fingerprint density at radius 1 is 1.12 bits per heavy atom. The number of fused-ring (bicyclic) bond motifs is 1. The molecule has 7 nitrogen and oxygen atoms in total. The number of halogens is 2. The zero-order valence-corrected chi connectivity index (χ0v) is 18.3. The molecule has 0 unspecified atom stereocenters. The van der Waals surface area contributed by atoms with Crippen LogP contribution in [-0.2, 0) is 21.6 Å². The number of benzene rings is 2. The number of aryl methyl sites for hydroxylation is 1. The first-order chi connectivity index (χ1) is 16.3. The van der Waals surface area contributed by atoms with Gasteiger partial charge in [0, 0.05) is 5.56 Å². The third-order valence-electron chi connectivity index (χ3n) is 6.04. The predicted molar refractivity (Wildman–Crippen MR) is 118 cm³/mol. The van der Waals surface area contributed by atoms with Gasteiger partial charge >= 0.3 is 6.29 Å². The Bertz CT molecular complexity index is 1260. The Labute approximate surface area is 194 Å². The molecular formula is C25H22F2N2O5. The Balaban J connectivity index is 1.37. The average molecular weight is 468 g/mol. The summed E-state index contributed by atoms with van der Waals surface area (Å²) in [5, 5.41) is 11.8. The van der Waals surface area contributed by atoms with Gasteiger partial charge in [-0.3, -0.25) is 4.79 Å². The summed E-state index contributed by atoms with van der Waals surface area (Å²) in [5.41, 5.74) is 3.13. The molecule has 0 radical (unpaired) electrons. The molecule has 2 aromatic carbocycles. The summed E-state index contributed by atoms with van der Waals surface area (Å²) in [7, 11) is 0. The van der Waals surface area contributed by atoms with Gasteiger partial charge in [0.1, 0.15) is 12.6 Å². The van der Waals surface area contributed by atoms with E-state index in [9.17, 15) is 13.6 Å². The Kier molecular flexibility index (Phi) is 5.45. The number of carbonyl (C=O) groups excluding carboxylic acids is 1. The van der Waals surface area contributed by atoms with Crippen LogP contribution in [0.25, 0.3) is 11.3 Å². The van der Waals surface area contributed by atoms with Crippen molar-refractivity contribution in [3.8, 4) is 22.8 Å². The highest BCUT2D eigenvalue weighted by Crippen LogP contribution is 2.52. The van der Waals surface area contributed by atoms with Crippen molar-refractivity contribution in [2.75, 3.05) is 12.1 Å². The molecule has 3 aromatic rings. The van der Waals surface area contributed by atoms with E-state index in [1.807, 2.05) is 37.3 Å². The van der Waals surface area contributed by atoms with Crippen molar-refractivity contribution < 1.29 is 32.9 Å². The third-order valence-corrected chi connectivity index (χ3v) is 6.04. The van der Waals surface area contributed by atoms with Gasteiger partial charge in [-0.25, -0.2) is 4.98 Å². The van der Waals surface area contributed by atoms with Crippen LogP contribution in [0, 0.1) is 6.92 Å². The molecule has 0 spiro atoms. The molecule has 0 saturated heterocycles. The molecule has 2 N–H and O–H groups in total. The first-order valence-corrected chi connectivity index (χ1v) is 10.8. The van der Waals surface area contributed by atoms with Crippen LogP contribution in [0.5, 0.6) is 11.5 Å². The van der Waals surface area contributed by atoms with Crippen molar-refractivity contribution in [3.05, 3.63) is 71.3 Å². The summed E-state index contributed by atoms with van der Waals surface area (Å²) >= 11 is 0. The fraction of sp³-hybridized carbons (Fsp3) is 0.280. The lowest BCUT2D eigenvalue weighted by atomic mass is 9.94. The largest absolute Gasteiger partial charge is 0.586 e. The summed E-state index contributed by atoms with van der Waals surface area (Å²) in [6.07, 6.45) is -2.54. The minimum absolute atomic E-state index is 0.0542. The van der Waals surface area contributed by atoms with Crippen molar-refractivity contribution in [1.82, 2.24) is 4.98 Å². The lowest BCUT2D eigenvalue weighted by Crippen LogP contribution is -2.28. The summed E-state index contributed by atoms with van der Waals surface area (Å²) in [6.45, 7) is 1.83. The summed E-state index contributed by atoms with van der Waals surface area (Å²) in [4.78, 5) is 17.9. The van der Waals surface area contributed by atoms with Crippen molar-refractivity contribution in [2.24, 2.45) is 0 Å². The molecule has 176 valence electrons. The maximum Gasteiger partial charge on any atom is 0.586 e. The average Bonchev–Trinajstić information content (AvgIpc) is 3.56. The van der Waals surface area contributed by atoms with E-state index < -0.39 is 11.7 Å². The molecule has 2 heterocycles. The number of aromatic nitrogens is 1. The quantitative estimate of drug-likeness (QED) is 0.496.